The number of piperazine rings is 1. The molecule has 1 aliphatic rings. The minimum atomic E-state index is -0.274. The van der Waals surface area contributed by atoms with E-state index in [0.717, 1.165) is 6.42 Å². The maximum atomic E-state index is 12.7. The molecular weight excluding hydrogens is 420 g/mol. The number of hydrogen-bond acceptors (Lipinski definition) is 5. The smallest absolute Gasteiger partial charge is 0.253 e. The average molecular weight is 453 g/mol. The van der Waals surface area contributed by atoms with Crippen LogP contribution in [0.5, 0.6) is 5.75 Å². The van der Waals surface area contributed by atoms with E-state index < -0.39 is 0 Å². The van der Waals surface area contributed by atoms with Gasteiger partial charge in [-0.1, -0.05) is 25.1 Å². The van der Waals surface area contributed by atoms with Crippen LogP contribution in [0.1, 0.15) is 22.8 Å². The Kier molecular flexibility index (Phi) is 8.43. The number of amides is 3. The summed E-state index contributed by atoms with van der Waals surface area (Å²) >= 11 is 0. The van der Waals surface area contributed by atoms with Gasteiger partial charge < -0.3 is 19.9 Å². The van der Waals surface area contributed by atoms with E-state index in [4.69, 9.17) is 4.74 Å². The van der Waals surface area contributed by atoms with Gasteiger partial charge in [0.05, 0.1) is 20.2 Å². The molecule has 2 aromatic rings. The summed E-state index contributed by atoms with van der Waals surface area (Å²) in [6, 6.07) is 14.8. The molecule has 8 nitrogen and oxygen atoms in total. The van der Waals surface area contributed by atoms with Crippen molar-refractivity contribution in [3.63, 3.8) is 0 Å². The molecule has 1 aliphatic heterocycles. The number of methoxy groups -OCH3 is 1. The molecule has 2 aromatic carbocycles. The lowest BCUT2D eigenvalue weighted by molar-refractivity contribution is -0.134. The Morgan fingerprint density at radius 3 is 2.36 bits per heavy atom. The van der Waals surface area contributed by atoms with Crippen molar-refractivity contribution in [2.75, 3.05) is 58.7 Å². The number of anilines is 1. The predicted molar refractivity (Wildman–Crippen MR) is 127 cm³/mol. The van der Waals surface area contributed by atoms with Crippen molar-refractivity contribution in [3.8, 4) is 5.75 Å². The van der Waals surface area contributed by atoms with Gasteiger partial charge in [0, 0.05) is 50.5 Å². The zero-order valence-corrected chi connectivity index (χ0v) is 19.5. The number of nitrogens with zero attached hydrogens (tertiary/aromatic N) is 3. The van der Waals surface area contributed by atoms with Crippen molar-refractivity contribution in [2.45, 2.75) is 13.3 Å². The lowest BCUT2D eigenvalue weighted by Crippen LogP contribution is -2.51. The fraction of sp³-hybridized carbons (Fsp3) is 0.400. The summed E-state index contributed by atoms with van der Waals surface area (Å²) in [6.45, 7) is 4.65. The molecule has 0 radical (unpaired) electrons. The molecule has 1 fully saturated rings. The maximum absolute atomic E-state index is 12.7. The van der Waals surface area contributed by atoms with Crippen molar-refractivity contribution < 1.29 is 19.1 Å². The first-order valence-corrected chi connectivity index (χ1v) is 11.2. The standard InChI is InChI=1S/C25H32N4O4/c1-4-19-8-10-20(11-9-19)25(32)29-14-12-28(13-15-29)18-24(31)27(2)17-23(30)26-21-6-5-7-22(16-21)33-3/h5-11,16H,4,12-15,17-18H2,1-3H3,(H,26,30). The van der Waals surface area contributed by atoms with Crippen LogP contribution >= 0.6 is 0 Å². The monoisotopic (exact) mass is 452 g/mol. The number of likely N-dealkylation sites (N-methyl/N-ethyl adjacent to an activating group) is 1. The molecule has 3 rings (SSSR count). The Labute approximate surface area is 195 Å². The minimum absolute atomic E-state index is 0.0231. The van der Waals surface area contributed by atoms with Gasteiger partial charge in [-0.3, -0.25) is 19.3 Å². The summed E-state index contributed by atoms with van der Waals surface area (Å²) in [5, 5.41) is 2.78. The van der Waals surface area contributed by atoms with Crippen molar-refractivity contribution in [2.24, 2.45) is 0 Å². The molecule has 0 aromatic heterocycles. The molecule has 0 saturated carbocycles. The second kappa shape index (κ2) is 11.5. The number of carbonyl (C=O) groups is 3. The molecule has 3 amide bonds. The highest BCUT2D eigenvalue weighted by molar-refractivity contribution is 5.95. The number of carbonyl (C=O) groups excluding carboxylic acids is 3. The summed E-state index contributed by atoms with van der Waals surface area (Å²) < 4.78 is 5.15. The van der Waals surface area contributed by atoms with Crippen LogP contribution in [0, 0.1) is 0 Å². The van der Waals surface area contributed by atoms with Crippen LogP contribution in [0.4, 0.5) is 5.69 Å². The molecule has 0 atom stereocenters. The Balaban J connectivity index is 1.43. The van der Waals surface area contributed by atoms with Gasteiger partial charge >= 0.3 is 0 Å². The molecule has 176 valence electrons. The Hall–Kier alpha value is -3.39. The molecule has 0 aliphatic carbocycles. The quantitative estimate of drug-likeness (QED) is 0.664. The summed E-state index contributed by atoms with van der Waals surface area (Å²) in [6.07, 6.45) is 0.943. The number of rotatable bonds is 8. The Morgan fingerprint density at radius 1 is 1.03 bits per heavy atom. The number of ether oxygens (including phenoxy) is 1. The SMILES string of the molecule is CCc1ccc(C(=O)N2CCN(CC(=O)N(C)CC(=O)Nc3cccc(OC)c3)CC2)cc1. The maximum Gasteiger partial charge on any atom is 0.253 e. The van der Waals surface area contributed by atoms with E-state index in [9.17, 15) is 14.4 Å². The van der Waals surface area contributed by atoms with Crippen LogP contribution in [0.3, 0.4) is 0 Å². The fourth-order valence-electron chi connectivity index (χ4n) is 3.69. The number of aryl methyl sites for hydroxylation is 1. The normalized spacial score (nSPS) is 14.0. The van der Waals surface area contributed by atoms with Crippen molar-refractivity contribution in [1.82, 2.24) is 14.7 Å². The van der Waals surface area contributed by atoms with Crippen LogP contribution < -0.4 is 10.1 Å². The lowest BCUT2D eigenvalue weighted by atomic mass is 10.1. The van der Waals surface area contributed by atoms with Crippen LogP contribution in [0.15, 0.2) is 48.5 Å². The van der Waals surface area contributed by atoms with Gasteiger partial charge in [0.2, 0.25) is 11.8 Å². The molecule has 33 heavy (non-hydrogen) atoms. The highest BCUT2D eigenvalue weighted by atomic mass is 16.5. The molecule has 1 heterocycles. The van der Waals surface area contributed by atoms with Gasteiger partial charge in [-0.2, -0.15) is 0 Å². The largest absolute Gasteiger partial charge is 0.497 e. The lowest BCUT2D eigenvalue weighted by Gasteiger charge is -2.35. The second-order valence-corrected chi connectivity index (χ2v) is 8.15. The first kappa shape index (κ1) is 24.3. The van der Waals surface area contributed by atoms with E-state index >= 15 is 0 Å². The number of nitrogens with one attached hydrogen (secondary N) is 1. The van der Waals surface area contributed by atoms with E-state index in [-0.39, 0.29) is 30.8 Å². The third-order valence-electron chi connectivity index (χ3n) is 5.79. The summed E-state index contributed by atoms with van der Waals surface area (Å²) in [5.74, 6) is 0.261. The van der Waals surface area contributed by atoms with Crippen LogP contribution in [-0.4, -0.2) is 85.8 Å². The van der Waals surface area contributed by atoms with Gasteiger partial charge in [0.15, 0.2) is 0 Å². The first-order valence-electron chi connectivity index (χ1n) is 11.2. The minimum Gasteiger partial charge on any atom is -0.497 e. The zero-order valence-electron chi connectivity index (χ0n) is 19.5. The third kappa shape index (κ3) is 6.79. The van der Waals surface area contributed by atoms with E-state index in [0.29, 0.717) is 43.2 Å². The molecular formula is C25H32N4O4. The molecule has 0 bridgehead atoms. The van der Waals surface area contributed by atoms with Gasteiger partial charge in [-0.25, -0.2) is 0 Å². The molecule has 0 unspecified atom stereocenters. The van der Waals surface area contributed by atoms with Crippen molar-refractivity contribution in [1.29, 1.82) is 0 Å². The summed E-state index contributed by atoms with van der Waals surface area (Å²) in [5.41, 5.74) is 2.51. The van der Waals surface area contributed by atoms with Gasteiger partial charge in [0.1, 0.15) is 5.75 Å². The van der Waals surface area contributed by atoms with E-state index in [1.165, 1.54) is 10.5 Å². The number of benzene rings is 2. The van der Waals surface area contributed by atoms with Crippen LogP contribution in [0.25, 0.3) is 0 Å². The summed E-state index contributed by atoms with van der Waals surface area (Å²) in [7, 11) is 3.18. The van der Waals surface area contributed by atoms with Gasteiger partial charge in [-0.15, -0.1) is 0 Å². The average Bonchev–Trinajstić information content (AvgIpc) is 2.84. The Bertz CT molecular complexity index is 969. The molecule has 1 N–H and O–H groups in total. The molecule has 8 heteroatoms. The van der Waals surface area contributed by atoms with E-state index in [2.05, 4.69) is 12.2 Å². The highest BCUT2D eigenvalue weighted by Gasteiger charge is 2.24. The molecule has 1 saturated heterocycles. The van der Waals surface area contributed by atoms with Crippen LogP contribution in [0.2, 0.25) is 0 Å². The first-order chi connectivity index (χ1) is 15.9. The number of hydrogen-bond donors (Lipinski definition) is 1. The van der Waals surface area contributed by atoms with Crippen molar-refractivity contribution >= 4 is 23.4 Å². The van der Waals surface area contributed by atoms with Crippen LogP contribution in [-0.2, 0) is 16.0 Å². The third-order valence-corrected chi connectivity index (χ3v) is 5.79. The predicted octanol–water partition coefficient (Wildman–Crippen LogP) is 2.11. The van der Waals surface area contributed by atoms with Gasteiger partial charge in [-0.05, 0) is 36.2 Å². The highest BCUT2D eigenvalue weighted by Crippen LogP contribution is 2.16. The zero-order chi connectivity index (χ0) is 23.8. The van der Waals surface area contributed by atoms with E-state index in [1.54, 1.807) is 38.4 Å². The Morgan fingerprint density at radius 2 is 1.73 bits per heavy atom. The van der Waals surface area contributed by atoms with Gasteiger partial charge in [0.25, 0.3) is 5.91 Å². The fourth-order valence-corrected chi connectivity index (χ4v) is 3.69. The van der Waals surface area contributed by atoms with Crippen molar-refractivity contribution in [3.05, 3.63) is 59.7 Å². The topological polar surface area (TPSA) is 82.2 Å². The summed E-state index contributed by atoms with van der Waals surface area (Å²) in [4.78, 5) is 42.9. The van der Waals surface area contributed by atoms with E-state index in [1.807, 2.05) is 34.1 Å². The molecule has 0 spiro atoms. The second-order valence-electron chi connectivity index (χ2n) is 8.15.